The van der Waals surface area contributed by atoms with Crippen LogP contribution in [0.5, 0.6) is 5.75 Å². The fourth-order valence-electron chi connectivity index (χ4n) is 4.84. The van der Waals surface area contributed by atoms with E-state index < -0.39 is 0 Å². The number of carbonyl (C=O) groups excluding carboxylic acids is 1. The molecule has 0 aliphatic carbocycles. The third-order valence-corrected chi connectivity index (χ3v) is 6.10. The summed E-state index contributed by atoms with van der Waals surface area (Å²) in [5, 5.41) is 6.19. The fraction of sp³-hybridized carbons (Fsp3) is 0.458. The molecule has 2 fully saturated rings. The second kappa shape index (κ2) is 9.31. The Morgan fingerprint density at radius 1 is 1.03 bits per heavy atom. The smallest absolute Gasteiger partial charge is 0.319 e. The molecule has 2 bridgehead atoms. The van der Waals surface area contributed by atoms with Gasteiger partial charge >= 0.3 is 6.03 Å². The van der Waals surface area contributed by atoms with Crippen LogP contribution in [0.3, 0.4) is 0 Å². The zero-order valence-electron chi connectivity index (χ0n) is 17.1. The molecule has 2 aliphatic rings. The predicted octanol–water partition coefficient (Wildman–Crippen LogP) is 4.79. The molecular formula is C24H31N3O2. The minimum absolute atomic E-state index is 0.142. The zero-order valence-corrected chi connectivity index (χ0v) is 17.1. The van der Waals surface area contributed by atoms with E-state index in [1.54, 1.807) is 0 Å². The molecular weight excluding hydrogens is 362 g/mol. The third kappa shape index (κ3) is 4.91. The molecule has 2 N–H and O–H groups in total. The van der Waals surface area contributed by atoms with E-state index in [2.05, 4.69) is 45.9 Å². The van der Waals surface area contributed by atoms with Crippen LogP contribution in [0.4, 0.5) is 10.5 Å². The highest BCUT2D eigenvalue weighted by atomic mass is 16.5. The highest BCUT2D eigenvalue weighted by molar-refractivity contribution is 5.91. The van der Waals surface area contributed by atoms with Crippen molar-refractivity contribution in [1.82, 2.24) is 10.2 Å². The van der Waals surface area contributed by atoms with Crippen LogP contribution in [-0.4, -0.2) is 35.7 Å². The summed E-state index contributed by atoms with van der Waals surface area (Å²) in [6.07, 6.45) is 5.77. The summed E-state index contributed by atoms with van der Waals surface area (Å²) in [4.78, 5) is 15.3. The Kier molecular flexibility index (Phi) is 6.35. The van der Waals surface area contributed by atoms with Gasteiger partial charge in [0.2, 0.25) is 0 Å². The van der Waals surface area contributed by atoms with Crippen LogP contribution in [-0.2, 0) is 6.54 Å². The lowest BCUT2D eigenvalue weighted by molar-refractivity contribution is 0.0200. The summed E-state index contributed by atoms with van der Waals surface area (Å²) in [5.74, 6) is 0.708. The number of para-hydroxylation sites is 2. The Balaban J connectivity index is 1.36. The van der Waals surface area contributed by atoms with E-state index in [4.69, 9.17) is 4.74 Å². The Morgan fingerprint density at radius 2 is 1.72 bits per heavy atom. The summed E-state index contributed by atoms with van der Waals surface area (Å²) in [6.45, 7) is 3.53. The fourth-order valence-corrected chi connectivity index (χ4v) is 4.84. The first-order valence-corrected chi connectivity index (χ1v) is 10.8. The first-order chi connectivity index (χ1) is 14.2. The van der Waals surface area contributed by atoms with E-state index in [1.807, 2.05) is 31.2 Å². The van der Waals surface area contributed by atoms with Crippen LogP contribution in [0.2, 0.25) is 0 Å². The summed E-state index contributed by atoms with van der Waals surface area (Å²) in [5.41, 5.74) is 2.09. The second-order valence-electron chi connectivity index (χ2n) is 8.09. The zero-order chi connectivity index (χ0) is 20.1. The van der Waals surface area contributed by atoms with Crippen molar-refractivity contribution in [3.8, 4) is 5.75 Å². The van der Waals surface area contributed by atoms with E-state index in [9.17, 15) is 4.79 Å². The van der Waals surface area contributed by atoms with E-state index in [0.29, 0.717) is 30.1 Å². The van der Waals surface area contributed by atoms with Crippen LogP contribution in [0.15, 0.2) is 54.6 Å². The monoisotopic (exact) mass is 393 g/mol. The first-order valence-electron chi connectivity index (χ1n) is 10.8. The molecule has 2 aromatic carbocycles. The number of anilines is 1. The molecule has 154 valence electrons. The van der Waals surface area contributed by atoms with Gasteiger partial charge in [0.05, 0.1) is 12.3 Å². The maximum absolute atomic E-state index is 12.6. The van der Waals surface area contributed by atoms with Crippen LogP contribution >= 0.6 is 0 Å². The van der Waals surface area contributed by atoms with Crippen LogP contribution in [0.1, 0.15) is 44.6 Å². The number of urea groups is 1. The Morgan fingerprint density at radius 3 is 2.45 bits per heavy atom. The summed E-state index contributed by atoms with van der Waals surface area (Å²) in [7, 11) is 0. The molecule has 0 spiro atoms. The number of ether oxygens (including phenoxy) is 1. The average molecular weight is 394 g/mol. The third-order valence-electron chi connectivity index (χ3n) is 6.10. The molecule has 0 saturated carbocycles. The highest BCUT2D eigenvalue weighted by Crippen LogP contribution is 2.35. The minimum atomic E-state index is -0.142. The molecule has 29 heavy (non-hydrogen) atoms. The molecule has 0 unspecified atom stereocenters. The van der Waals surface area contributed by atoms with Gasteiger partial charge in [-0.15, -0.1) is 0 Å². The van der Waals surface area contributed by atoms with E-state index in [-0.39, 0.29) is 12.1 Å². The number of hydrogen-bond donors (Lipinski definition) is 2. The minimum Gasteiger partial charge on any atom is -0.492 e. The highest BCUT2D eigenvalue weighted by Gasteiger charge is 2.38. The molecule has 2 aliphatic heterocycles. The van der Waals surface area contributed by atoms with Gasteiger partial charge < -0.3 is 15.4 Å². The van der Waals surface area contributed by atoms with Gasteiger partial charge in [0.1, 0.15) is 5.75 Å². The summed E-state index contributed by atoms with van der Waals surface area (Å²) >= 11 is 0. The number of nitrogens with zero attached hydrogens (tertiary/aromatic N) is 1. The second-order valence-corrected chi connectivity index (χ2v) is 8.09. The maximum Gasteiger partial charge on any atom is 0.319 e. The Labute approximate surface area is 173 Å². The molecule has 2 aromatic rings. The standard InChI is InChI=1S/C24H31N3O2/c1-2-29-23-14-7-6-13-22(23)26-24(28)25-19-15-20-11-8-12-21(16-19)27(20)17-18-9-4-3-5-10-18/h3-7,9-10,13-14,19-21H,2,8,11-12,15-17H2,1H3,(H2,25,26,28)/t20-,21-/m1/s1. The predicted molar refractivity (Wildman–Crippen MR) is 116 cm³/mol. The number of rotatable bonds is 6. The van der Waals surface area contributed by atoms with Gasteiger partial charge in [0, 0.05) is 24.7 Å². The molecule has 0 aromatic heterocycles. The van der Waals surface area contributed by atoms with Crippen molar-refractivity contribution in [2.24, 2.45) is 0 Å². The average Bonchev–Trinajstić information content (AvgIpc) is 2.71. The van der Waals surface area contributed by atoms with Crippen molar-refractivity contribution >= 4 is 11.7 Å². The molecule has 5 heteroatoms. The molecule has 2 amide bonds. The van der Waals surface area contributed by atoms with Crippen molar-refractivity contribution in [2.75, 3.05) is 11.9 Å². The lowest BCUT2D eigenvalue weighted by Crippen LogP contribution is -2.56. The molecule has 2 heterocycles. The van der Waals surface area contributed by atoms with Crippen molar-refractivity contribution in [3.63, 3.8) is 0 Å². The largest absolute Gasteiger partial charge is 0.492 e. The lowest BCUT2D eigenvalue weighted by Gasteiger charge is -2.49. The van der Waals surface area contributed by atoms with Crippen molar-refractivity contribution < 1.29 is 9.53 Å². The number of nitrogens with one attached hydrogen (secondary N) is 2. The topological polar surface area (TPSA) is 53.6 Å². The molecule has 0 radical (unpaired) electrons. The van der Waals surface area contributed by atoms with Gasteiger partial charge in [-0.3, -0.25) is 4.90 Å². The Bertz CT molecular complexity index is 797. The van der Waals surface area contributed by atoms with Gasteiger partial charge in [-0.1, -0.05) is 48.9 Å². The SMILES string of the molecule is CCOc1ccccc1NC(=O)NC1C[C@H]2CCC[C@H](C1)N2Cc1ccccc1. The number of piperidine rings is 2. The maximum atomic E-state index is 12.6. The lowest BCUT2D eigenvalue weighted by atomic mass is 9.81. The normalized spacial score (nSPS) is 24.0. The Hall–Kier alpha value is -2.53. The first kappa shape index (κ1) is 19.8. The number of fused-ring (bicyclic) bond motifs is 2. The van der Waals surface area contributed by atoms with Gasteiger partial charge in [-0.05, 0) is 50.3 Å². The van der Waals surface area contributed by atoms with Crippen LogP contribution in [0.25, 0.3) is 0 Å². The molecule has 5 nitrogen and oxygen atoms in total. The summed E-state index contributed by atoms with van der Waals surface area (Å²) in [6, 6.07) is 19.5. The number of amides is 2. The van der Waals surface area contributed by atoms with Gasteiger partial charge in [0.25, 0.3) is 0 Å². The van der Waals surface area contributed by atoms with Gasteiger partial charge in [-0.2, -0.15) is 0 Å². The van der Waals surface area contributed by atoms with Crippen LogP contribution < -0.4 is 15.4 Å². The molecule has 2 atom stereocenters. The quantitative estimate of drug-likeness (QED) is 0.742. The number of hydrogen-bond acceptors (Lipinski definition) is 3. The van der Waals surface area contributed by atoms with E-state index in [1.165, 1.54) is 24.8 Å². The van der Waals surface area contributed by atoms with Gasteiger partial charge in [0.15, 0.2) is 0 Å². The summed E-state index contributed by atoms with van der Waals surface area (Å²) < 4.78 is 5.61. The number of carbonyl (C=O) groups is 1. The van der Waals surface area contributed by atoms with E-state index >= 15 is 0 Å². The van der Waals surface area contributed by atoms with E-state index in [0.717, 1.165) is 19.4 Å². The van der Waals surface area contributed by atoms with Crippen molar-refractivity contribution in [2.45, 2.75) is 63.7 Å². The van der Waals surface area contributed by atoms with Gasteiger partial charge in [-0.25, -0.2) is 4.79 Å². The molecule has 4 rings (SSSR count). The molecule has 2 saturated heterocycles. The van der Waals surface area contributed by atoms with Crippen molar-refractivity contribution in [3.05, 3.63) is 60.2 Å². The van der Waals surface area contributed by atoms with Crippen molar-refractivity contribution in [1.29, 1.82) is 0 Å². The number of benzene rings is 2. The van der Waals surface area contributed by atoms with Crippen LogP contribution in [0, 0.1) is 0 Å².